The molecule has 1 amide bonds. The maximum Gasteiger partial charge on any atom is 0.406 e. The molecule has 3 aliphatic heterocycles. The number of hydrogen-bond donors (Lipinski definition) is 3. The molecule has 0 aliphatic carbocycles. The molecule has 4 N–H and O–H groups in total. The molecule has 4 aromatic rings. The van der Waals surface area contributed by atoms with E-state index in [2.05, 4.69) is 15.6 Å². The second-order valence-electron chi connectivity index (χ2n) is 15.8. The molecular formula is C41H50F3N7O4. The number of nitrogens with zero attached hydrogens (tertiary/aromatic N) is 4. The van der Waals surface area contributed by atoms with E-state index in [1.807, 2.05) is 63.2 Å². The second kappa shape index (κ2) is 15.6. The van der Waals surface area contributed by atoms with Crippen molar-refractivity contribution in [1.29, 1.82) is 0 Å². The number of rotatable bonds is 5. The number of fused-ring (bicyclic) bond motifs is 6. The minimum atomic E-state index is -4.55. The highest BCUT2D eigenvalue weighted by molar-refractivity contribution is 5.96. The summed E-state index contributed by atoms with van der Waals surface area (Å²) in [4.78, 5) is 34.0. The number of amides is 1. The van der Waals surface area contributed by atoms with Gasteiger partial charge < -0.3 is 30.0 Å². The molecule has 11 nitrogen and oxygen atoms in total. The molecule has 7 rings (SSSR count). The van der Waals surface area contributed by atoms with E-state index < -0.39 is 42.3 Å². The van der Waals surface area contributed by atoms with Crippen LogP contribution in [0.15, 0.2) is 54.7 Å². The molecule has 0 saturated carbocycles. The number of anilines is 1. The van der Waals surface area contributed by atoms with Gasteiger partial charge in [0.25, 0.3) is 5.91 Å². The minimum absolute atomic E-state index is 0.00894. The van der Waals surface area contributed by atoms with E-state index in [-0.39, 0.29) is 25.4 Å². The van der Waals surface area contributed by atoms with Crippen LogP contribution in [0, 0.1) is 5.41 Å². The summed E-state index contributed by atoms with van der Waals surface area (Å²) in [6.45, 7) is 7.92. The lowest BCUT2D eigenvalue weighted by Gasteiger charge is -2.35. The van der Waals surface area contributed by atoms with Crippen LogP contribution in [0.5, 0.6) is 0 Å². The highest BCUT2D eigenvalue weighted by atomic mass is 19.4. The fourth-order valence-electron chi connectivity index (χ4n) is 8.05. The number of halogens is 3. The summed E-state index contributed by atoms with van der Waals surface area (Å²) in [6, 6.07) is 13.6. The SMILES string of the molecule is CO[C@@H](C)c1ncc(N2CCNCC2)cc1-c1c2c3cc(ccc3n1CC(F)(F)F)-c1cccc(c1)C[C@H](N)C(=O)N1CCC[C@H](N1)C(=O)OCC(C)(C)C2. The van der Waals surface area contributed by atoms with E-state index in [0.29, 0.717) is 52.8 Å². The van der Waals surface area contributed by atoms with Crippen molar-refractivity contribution in [2.24, 2.45) is 11.1 Å². The third-order valence-corrected chi connectivity index (χ3v) is 10.9. The Kier molecular flexibility index (Phi) is 11.0. The lowest BCUT2D eigenvalue weighted by atomic mass is 9.84. The predicted octanol–water partition coefficient (Wildman–Crippen LogP) is 5.54. The molecule has 2 saturated heterocycles. The number of hydrogen-bond acceptors (Lipinski definition) is 9. The molecule has 55 heavy (non-hydrogen) atoms. The molecule has 6 bridgehead atoms. The number of pyridine rings is 1. The zero-order chi connectivity index (χ0) is 39.1. The molecular weight excluding hydrogens is 711 g/mol. The van der Waals surface area contributed by atoms with Crippen molar-refractivity contribution in [2.75, 3.05) is 51.3 Å². The minimum Gasteiger partial charge on any atom is -0.464 e. The standard InChI is InChI=1S/C41H50F3N7O4/c1-25(54-4)36-31(20-29(22-47-36)49-15-12-46-13-16-49)37-32-21-40(2,3)24-55-39(53)34-9-6-14-51(48-34)38(52)33(45)18-26-7-5-8-27(17-26)28-10-11-35(30(32)19-28)50(37)23-41(42,43)44/h5,7-8,10-11,17,19-20,22,25,33-34,46,48H,6,9,12-16,18,21,23-24,45H2,1-4H3/t25-,33-,34-/m0/s1. The Morgan fingerprint density at radius 1 is 1.07 bits per heavy atom. The van der Waals surface area contributed by atoms with Crippen LogP contribution in [-0.4, -0.2) is 91.1 Å². The van der Waals surface area contributed by atoms with Gasteiger partial charge in [0.05, 0.1) is 42.0 Å². The van der Waals surface area contributed by atoms with Crippen molar-refractivity contribution in [2.45, 2.75) is 77.4 Å². The maximum atomic E-state index is 14.7. The molecule has 294 valence electrons. The number of methoxy groups -OCH3 is 1. The van der Waals surface area contributed by atoms with Crippen molar-refractivity contribution in [3.8, 4) is 22.4 Å². The largest absolute Gasteiger partial charge is 0.464 e. The van der Waals surface area contributed by atoms with Gasteiger partial charge in [-0.3, -0.25) is 19.6 Å². The highest BCUT2D eigenvalue weighted by Crippen LogP contribution is 2.44. The number of carbonyl (C=O) groups excluding carboxylic acids is 2. The van der Waals surface area contributed by atoms with Crippen LogP contribution >= 0.6 is 0 Å². The van der Waals surface area contributed by atoms with Crippen LogP contribution < -0.4 is 21.4 Å². The van der Waals surface area contributed by atoms with Gasteiger partial charge in [-0.05, 0) is 73.1 Å². The number of nitrogens with two attached hydrogens (primary N) is 1. The van der Waals surface area contributed by atoms with Gasteiger partial charge in [0.15, 0.2) is 0 Å². The fourth-order valence-corrected chi connectivity index (χ4v) is 8.05. The van der Waals surface area contributed by atoms with Crippen molar-refractivity contribution >= 4 is 28.5 Å². The smallest absolute Gasteiger partial charge is 0.406 e. The Hall–Kier alpha value is -4.50. The zero-order valence-corrected chi connectivity index (χ0v) is 31.8. The van der Waals surface area contributed by atoms with Crippen molar-refractivity contribution in [3.05, 3.63) is 71.5 Å². The quantitative estimate of drug-likeness (QED) is 0.225. The maximum absolute atomic E-state index is 14.7. The Bertz CT molecular complexity index is 2060. The highest BCUT2D eigenvalue weighted by Gasteiger charge is 2.36. The first kappa shape index (κ1) is 38.8. The van der Waals surface area contributed by atoms with E-state index in [4.69, 9.17) is 20.2 Å². The summed E-state index contributed by atoms with van der Waals surface area (Å²) in [7, 11) is 1.56. The van der Waals surface area contributed by atoms with Crippen molar-refractivity contribution in [1.82, 2.24) is 25.3 Å². The first-order valence-electron chi connectivity index (χ1n) is 19.0. The number of esters is 1. The Morgan fingerprint density at radius 2 is 1.84 bits per heavy atom. The van der Waals surface area contributed by atoms with Gasteiger partial charge in [0.2, 0.25) is 0 Å². The molecule has 0 spiro atoms. The van der Waals surface area contributed by atoms with E-state index in [1.165, 1.54) is 9.58 Å². The molecule has 5 heterocycles. The number of benzene rings is 2. The predicted molar refractivity (Wildman–Crippen MR) is 205 cm³/mol. The Balaban J connectivity index is 1.47. The summed E-state index contributed by atoms with van der Waals surface area (Å²) in [6.07, 6.45) is -1.69. The topological polar surface area (TPSA) is 127 Å². The van der Waals surface area contributed by atoms with Gasteiger partial charge in [-0.2, -0.15) is 13.2 Å². The van der Waals surface area contributed by atoms with E-state index in [9.17, 15) is 22.8 Å². The monoisotopic (exact) mass is 761 g/mol. The Labute approximate surface area is 319 Å². The van der Waals surface area contributed by atoms with E-state index in [0.717, 1.165) is 48.6 Å². The van der Waals surface area contributed by atoms with Gasteiger partial charge in [-0.15, -0.1) is 0 Å². The van der Waals surface area contributed by atoms with Crippen LogP contribution in [0.25, 0.3) is 33.3 Å². The van der Waals surface area contributed by atoms with Gasteiger partial charge in [0.1, 0.15) is 12.6 Å². The molecule has 2 aromatic heterocycles. The third kappa shape index (κ3) is 8.37. The van der Waals surface area contributed by atoms with Crippen LogP contribution in [0.3, 0.4) is 0 Å². The summed E-state index contributed by atoms with van der Waals surface area (Å²) in [5, 5.41) is 5.44. The van der Waals surface area contributed by atoms with Gasteiger partial charge in [-0.25, -0.2) is 5.43 Å². The Morgan fingerprint density at radius 3 is 2.58 bits per heavy atom. The molecule has 3 aliphatic rings. The summed E-state index contributed by atoms with van der Waals surface area (Å²) >= 11 is 0. The average molecular weight is 762 g/mol. The fraction of sp³-hybridized carbons (Fsp3) is 0.488. The van der Waals surface area contributed by atoms with Crippen LogP contribution in [-0.2, 0) is 38.4 Å². The first-order chi connectivity index (χ1) is 26.2. The zero-order valence-electron chi connectivity index (χ0n) is 31.8. The number of nitrogens with one attached hydrogen (secondary N) is 2. The summed E-state index contributed by atoms with van der Waals surface area (Å²) < 4.78 is 57.3. The van der Waals surface area contributed by atoms with E-state index in [1.54, 1.807) is 19.4 Å². The van der Waals surface area contributed by atoms with Crippen molar-refractivity contribution < 1.29 is 32.2 Å². The number of hydrazine groups is 1. The van der Waals surface area contributed by atoms with Crippen LogP contribution in [0.2, 0.25) is 0 Å². The van der Waals surface area contributed by atoms with Gasteiger partial charge in [-0.1, -0.05) is 44.2 Å². The normalized spacial score (nSPS) is 21.7. The van der Waals surface area contributed by atoms with Crippen molar-refractivity contribution in [3.63, 3.8) is 0 Å². The average Bonchev–Trinajstić information content (AvgIpc) is 3.45. The number of alkyl halides is 3. The summed E-state index contributed by atoms with van der Waals surface area (Å²) in [5.74, 6) is -0.814. The number of cyclic esters (lactones) is 1. The molecule has 2 aromatic carbocycles. The molecule has 14 heteroatoms. The lowest BCUT2D eigenvalue weighted by molar-refractivity contribution is -0.155. The molecule has 2 fully saturated rings. The molecule has 0 unspecified atom stereocenters. The number of aromatic nitrogens is 2. The third-order valence-electron chi connectivity index (χ3n) is 10.9. The van der Waals surface area contributed by atoms with E-state index >= 15 is 0 Å². The number of piperazine rings is 1. The lowest BCUT2D eigenvalue weighted by Crippen LogP contribution is -2.59. The second-order valence-corrected chi connectivity index (χ2v) is 15.8. The van der Waals surface area contributed by atoms with Gasteiger partial charge >= 0.3 is 12.1 Å². The van der Waals surface area contributed by atoms with Gasteiger partial charge in [0, 0.05) is 61.7 Å². The number of ether oxygens (including phenoxy) is 2. The van der Waals surface area contributed by atoms with Crippen LogP contribution in [0.1, 0.15) is 56.5 Å². The molecule has 3 atom stereocenters. The van der Waals surface area contributed by atoms with Crippen LogP contribution in [0.4, 0.5) is 18.9 Å². The molecule has 0 radical (unpaired) electrons. The number of carbonyl (C=O) groups is 2. The first-order valence-corrected chi connectivity index (χ1v) is 19.0. The summed E-state index contributed by atoms with van der Waals surface area (Å²) in [5.41, 5.74) is 14.7.